The van der Waals surface area contributed by atoms with Crippen LogP contribution in [0.2, 0.25) is 5.04 Å². The van der Waals surface area contributed by atoms with Crippen molar-refractivity contribution in [1.29, 1.82) is 0 Å². The van der Waals surface area contributed by atoms with Gasteiger partial charge < -0.3 is 4.43 Å². The average molecular weight is 461 g/mol. The van der Waals surface area contributed by atoms with Crippen molar-refractivity contribution in [1.82, 2.24) is 0 Å². The number of hydrogen-bond donors (Lipinski definition) is 0. The van der Waals surface area contributed by atoms with Gasteiger partial charge in [0.15, 0.2) is 0 Å². The van der Waals surface area contributed by atoms with Crippen molar-refractivity contribution in [2.24, 2.45) is 17.3 Å². The maximum absolute atomic E-state index is 13.2. The molecule has 4 atom stereocenters. The summed E-state index contributed by atoms with van der Waals surface area (Å²) in [5.74, 6) is 0.945. The van der Waals surface area contributed by atoms with Gasteiger partial charge in [-0.3, -0.25) is 4.79 Å². The number of carbonyl (C=O) groups is 1. The van der Waals surface area contributed by atoms with Crippen molar-refractivity contribution >= 4 is 24.5 Å². The summed E-state index contributed by atoms with van der Waals surface area (Å²) in [6.07, 6.45) is 4.66. The van der Waals surface area contributed by atoms with Crippen molar-refractivity contribution in [3.8, 4) is 0 Å². The molecule has 0 bridgehead atoms. The average Bonchev–Trinajstić information content (AvgIpc) is 3.11. The molecule has 0 unspecified atom stereocenters. The van der Waals surface area contributed by atoms with Gasteiger partial charge in [-0.1, -0.05) is 93.9 Å². The van der Waals surface area contributed by atoms with Crippen LogP contribution in [-0.4, -0.2) is 20.2 Å². The monoisotopic (exact) mass is 460 g/mol. The molecule has 2 saturated carbocycles. The van der Waals surface area contributed by atoms with Crippen molar-refractivity contribution in [2.75, 3.05) is 0 Å². The minimum atomic E-state index is -2.65. The highest BCUT2D eigenvalue weighted by molar-refractivity contribution is 6.99. The van der Waals surface area contributed by atoms with Crippen molar-refractivity contribution in [3.63, 3.8) is 0 Å². The standard InChI is InChI=1S/C30H40O2Si/c1-22(2)21-23-19-20-30(6)27(18-17-26(31)28(23)30)32-33(29(3,4)5,24-13-9-7-10-14-24)25-15-11-8-12-16-25/h7-16,23,27-28H,1,17-21H2,2-6H3/t23-,27-,28-,30+/m1/s1. The first kappa shape index (κ1) is 24.2. The molecule has 4 rings (SSSR count). The van der Waals surface area contributed by atoms with Crippen LogP contribution in [0.1, 0.15) is 66.7 Å². The number of ketones is 1. The molecule has 2 aromatic rings. The summed E-state index contributed by atoms with van der Waals surface area (Å²) in [5.41, 5.74) is 1.08. The molecule has 2 aliphatic rings. The van der Waals surface area contributed by atoms with E-state index in [1.165, 1.54) is 15.9 Å². The maximum Gasteiger partial charge on any atom is 0.261 e. The minimum Gasteiger partial charge on any atom is -0.404 e. The minimum absolute atomic E-state index is 0.0568. The maximum atomic E-state index is 13.2. The molecule has 0 amide bonds. The summed E-state index contributed by atoms with van der Waals surface area (Å²) in [6.45, 7) is 15.6. The Kier molecular flexibility index (Phi) is 6.59. The Labute approximate surface area is 201 Å². The molecule has 0 heterocycles. The number of allylic oxidation sites excluding steroid dienone is 1. The lowest BCUT2D eigenvalue weighted by molar-refractivity contribution is -0.136. The Morgan fingerprint density at radius 1 is 1.03 bits per heavy atom. The van der Waals surface area contributed by atoms with Gasteiger partial charge in [-0.2, -0.15) is 0 Å². The summed E-state index contributed by atoms with van der Waals surface area (Å²) in [4.78, 5) is 13.2. The molecule has 0 radical (unpaired) electrons. The van der Waals surface area contributed by atoms with E-state index in [-0.39, 0.29) is 22.5 Å². The van der Waals surface area contributed by atoms with E-state index in [4.69, 9.17) is 4.43 Å². The topological polar surface area (TPSA) is 26.3 Å². The van der Waals surface area contributed by atoms with Crippen molar-refractivity contribution < 1.29 is 9.22 Å². The molecule has 0 aromatic heterocycles. The van der Waals surface area contributed by atoms with Crippen LogP contribution in [0.25, 0.3) is 0 Å². The lowest BCUT2D eigenvalue weighted by Crippen LogP contribution is -2.69. The zero-order valence-corrected chi connectivity index (χ0v) is 22.1. The van der Waals surface area contributed by atoms with Gasteiger partial charge in [-0.25, -0.2) is 0 Å². The largest absolute Gasteiger partial charge is 0.404 e. The van der Waals surface area contributed by atoms with Gasteiger partial charge in [0.25, 0.3) is 8.32 Å². The van der Waals surface area contributed by atoms with Crippen LogP contribution < -0.4 is 10.4 Å². The molecule has 2 nitrogen and oxygen atoms in total. The number of fused-ring (bicyclic) bond motifs is 1. The predicted octanol–water partition coefficient (Wildman–Crippen LogP) is 6.29. The zero-order chi connectivity index (χ0) is 23.9. The Bertz CT molecular complexity index is 951. The zero-order valence-electron chi connectivity index (χ0n) is 21.1. The van der Waals surface area contributed by atoms with Gasteiger partial charge in [0.1, 0.15) is 5.78 Å². The van der Waals surface area contributed by atoms with Gasteiger partial charge in [-0.15, -0.1) is 6.58 Å². The molecular formula is C30H40O2Si. The predicted molar refractivity (Wildman–Crippen MR) is 140 cm³/mol. The van der Waals surface area contributed by atoms with Gasteiger partial charge in [0.05, 0.1) is 6.10 Å². The highest BCUT2D eigenvalue weighted by atomic mass is 28.4. The smallest absolute Gasteiger partial charge is 0.261 e. The molecule has 3 heteroatoms. The van der Waals surface area contributed by atoms with Crippen molar-refractivity contribution in [2.45, 2.75) is 77.9 Å². The molecule has 33 heavy (non-hydrogen) atoms. The fraction of sp³-hybridized carbons (Fsp3) is 0.500. The molecule has 0 aliphatic heterocycles. The first-order valence-electron chi connectivity index (χ1n) is 12.6. The fourth-order valence-corrected chi connectivity index (χ4v) is 11.7. The third kappa shape index (κ3) is 4.19. The van der Waals surface area contributed by atoms with Gasteiger partial charge >= 0.3 is 0 Å². The SMILES string of the molecule is C=C(C)C[C@H]1CC[C@@]2(C)[C@H](O[Si](c3ccccc3)(c3ccccc3)C(C)(C)C)CCC(=O)[C@@H]12. The Morgan fingerprint density at radius 3 is 2.06 bits per heavy atom. The number of hydrogen-bond acceptors (Lipinski definition) is 2. The summed E-state index contributed by atoms with van der Waals surface area (Å²) < 4.78 is 7.60. The molecule has 176 valence electrons. The van der Waals surface area contributed by atoms with Crippen LogP contribution in [0.4, 0.5) is 0 Å². The summed E-state index contributed by atoms with van der Waals surface area (Å²) in [7, 11) is -2.65. The van der Waals surface area contributed by atoms with Gasteiger partial charge in [-0.05, 0) is 53.9 Å². The first-order valence-corrected chi connectivity index (χ1v) is 14.5. The molecule has 0 saturated heterocycles. The number of benzene rings is 2. The highest BCUT2D eigenvalue weighted by Gasteiger charge is 2.59. The molecule has 0 spiro atoms. The van der Waals surface area contributed by atoms with Crippen LogP contribution in [0, 0.1) is 17.3 Å². The van der Waals surface area contributed by atoms with E-state index in [0.29, 0.717) is 18.1 Å². The second-order valence-corrected chi connectivity index (χ2v) is 16.0. The molecule has 2 aromatic carbocycles. The second kappa shape index (κ2) is 9.00. The van der Waals surface area contributed by atoms with E-state index < -0.39 is 8.32 Å². The fourth-order valence-electron chi connectivity index (χ4n) is 6.87. The van der Waals surface area contributed by atoms with Crippen LogP contribution >= 0.6 is 0 Å². The van der Waals surface area contributed by atoms with Crippen LogP contribution in [0.5, 0.6) is 0 Å². The second-order valence-electron chi connectivity index (χ2n) is 11.7. The van der Waals surface area contributed by atoms with Gasteiger partial charge in [0, 0.05) is 17.8 Å². The molecule has 0 N–H and O–H groups in total. The number of rotatable bonds is 6. The number of carbonyl (C=O) groups excluding carboxylic acids is 1. The van der Waals surface area contributed by atoms with Gasteiger partial charge in [0.2, 0.25) is 0 Å². The van der Waals surface area contributed by atoms with Crippen LogP contribution in [0.15, 0.2) is 72.8 Å². The normalized spacial score (nSPS) is 27.9. The van der Waals surface area contributed by atoms with E-state index in [0.717, 1.165) is 25.7 Å². The third-order valence-electron chi connectivity index (χ3n) is 8.32. The van der Waals surface area contributed by atoms with Crippen LogP contribution in [0.3, 0.4) is 0 Å². The lowest BCUT2D eigenvalue weighted by Gasteiger charge is -2.51. The first-order chi connectivity index (χ1) is 15.6. The van der Waals surface area contributed by atoms with E-state index in [1.807, 2.05) is 0 Å². The van der Waals surface area contributed by atoms with Crippen LogP contribution in [-0.2, 0) is 9.22 Å². The van der Waals surface area contributed by atoms with E-state index >= 15 is 0 Å². The van der Waals surface area contributed by atoms with E-state index in [1.54, 1.807) is 0 Å². The molecule has 2 fully saturated rings. The number of Topliss-reactive ketones (excluding diaryl/α,β-unsaturated/α-hetero) is 1. The Morgan fingerprint density at radius 2 is 1.58 bits per heavy atom. The molecular weight excluding hydrogens is 420 g/mol. The summed E-state index contributed by atoms with van der Waals surface area (Å²) >= 11 is 0. The van der Waals surface area contributed by atoms with E-state index in [2.05, 4.69) is 102 Å². The Balaban J connectivity index is 1.82. The third-order valence-corrected chi connectivity index (χ3v) is 13.4. The quantitative estimate of drug-likeness (QED) is 0.374. The molecule has 2 aliphatic carbocycles. The lowest BCUT2D eigenvalue weighted by atomic mass is 9.64. The van der Waals surface area contributed by atoms with Crippen molar-refractivity contribution in [3.05, 3.63) is 72.8 Å². The Hall–Kier alpha value is -1.97. The van der Waals surface area contributed by atoms with E-state index in [9.17, 15) is 4.79 Å². The summed E-state index contributed by atoms with van der Waals surface area (Å²) in [5, 5.41) is 2.58. The summed E-state index contributed by atoms with van der Waals surface area (Å²) in [6, 6.07) is 21.8. The highest BCUT2D eigenvalue weighted by Crippen LogP contribution is 2.57.